The molecule has 0 aromatic heterocycles. The molecule has 0 radical (unpaired) electrons. The molecule has 1 aliphatic heterocycles. The Morgan fingerprint density at radius 2 is 2.00 bits per heavy atom. The first-order chi connectivity index (χ1) is 6.78. The number of Topliss-reactive ketones (excluding diaryl/α,β-unsaturated/α-hetero) is 1. The number of hydrogen-bond donors (Lipinski definition) is 1. The van der Waals surface area contributed by atoms with E-state index in [0.29, 0.717) is 18.8 Å². The lowest BCUT2D eigenvalue weighted by molar-refractivity contribution is -0.109. The summed E-state index contributed by atoms with van der Waals surface area (Å²) in [6.07, 6.45) is 0. The van der Waals surface area contributed by atoms with Crippen molar-refractivity contribution in [2.24, 2.45) is 5.41 Å². The molecule has 0 spiro atoms. The van der Waals surface area contributed by atoms with Gasteiger partial charge in [-0.15, -0.1) is 0 Å². The molecule has 3 heteroatoms. The van der Waals surface area contributed by atoms with Crippen molar-refractivity contribution >= 4 is 5.78 Å². The zero-order chi connectivity index (χ0) is 10.0. The summed E-state index contributed by atoms with van der Waals surface area (Å²) in [5.41, 5.74) is -0.0358. The van der Waals surface area contributed by atoms with Crippen molar-refractivity contribution in [3.8, 4) is 0 Å². The molecule has 14 heavy (non-hydrogen) atoms. The second-order valence-electron chi connectivity index (χ2n) is 3.63. The van der Waals surface area contributed by atoms with Gasteiger partial charge in [-0.25, -0.2) is 0 Å². The molecule has 0 atom stereocenters. The predicted octanol–water partition coefficient (Wildman–Crippen LogP) is 0.878. The molecule has 0 unspecified atom stereocenters. The number of ether oxygens (including phenoxy) is 1. The summed E-state index contributed by atoms with van der Waals surface area (Å²) in [6.45, 7) is 0.523. The molecule has 0 bridgehead atoms. The first-order valence-electron chi connectivity index (χ1n) is 4.57. The van der Waals surface area contributed by atoms with Gasteiger partial charge in [0.1, 0.15) is 5.41 Å². The van der Waals surface area contributed by atoms with Gasteiger partial charge in [0.15, 0.2) is 5.78 Å². The van der Waals surface area contributed by atoms with Crippen molar-refractivity contribution in [2.45, 2.75) is 0 Å². The van der Waals surface area contributed by atoms with Gasteiger partial charge in [0, 0.05) is 5.56 Å². The van der Waals surface area contributed by atoms with E-state index in [1.807, 2.05) is 18.2 Å². The highest BCUT2D eigenvalue weighted by atomic mass is 16.5. The largest absolute Gasteiger partial charge is 0.395 e. The molecule has 3 nitrogen and oxygen atoms in total. The number of carbonyl (C=O) groups excluding carboxylic acids is 1. The van der Waals surface area contributed by atoms with E-state index < -0.39 is 5.41 Å². The van der Waals surface area contributed by atoms with Crippen LogP contribution in [0.25, 0.3) is 0 Å². The highest BCUT2D eigenvalue weighted by Crippen LogP contribution is 2.30. The third kappa shape index (κ3) is 1.35. The monoisotopic (exact) mass is 192 g/mol. The lowest BCUT2D eigenvalue weighted by Crippen LogP contribution is -2.51. The van der Waals surface area contributed by atoms with Gasteiger partial charge in [0.25, 0.3) is 0 Å². The minimum Gasteiger partial charge on any atom is -0.395 e. The Balaban J connectivity index is 2.23. The third-order valence-corrected chi connectivity index (χ3v) is 2.58. The summed E-state index contributed by atoms with van der Waals surface area (Å²) >= 11 is 0. The van der Waals surface area contributed by atoms with E-state index in [9.17, 15) is 4.79 Å². The zero-order valence-electron chi connectivity index (χ0n) is 7.77. The second kappa shape index (κ2) is 3.52. The molecular weight excluding hydrogens is 180 g/mol. The van der Waals surface area contributed by atoms with Gasteiger partial charge >= 0.3 is 0 Å². The van der Waals surface area contributed by atoms with E-state index in [1.54, 1.807) is 12.1 Å². The number of benzene rings is 1. The molecule has 0 amide bonds. The highest BCUT2D eigenvalue weighted by molar-refractivity contribution is 6.01. The maximum Gasteiger partial charge on any atom is 0.175 e. The fourth-order valence-corrected chi connectivity index (χ4v) is 1.54. The zero-order valence-corrected chi connectivity index (χ0v) is 7.77. The summed E-state index contributed by atoms with van der Waals surface area (Å²) in [4.78, 5) is 11.9. The molecule has 1 aromatic rings. The van der Waals surface area contributed by atoms with Crippen molar-refractivity contribution in [3.05, 3.63) is 35.9 Å². The molecule has 74 valence electrons. The standard InChI is InChI=1S/C11H12O3/c12-6-11(7-14-8-11)10(13)9-4-2-1-3-5-9/h1-5,12H,6-8H2. The summed E-state index contributed by atoms with van der Waals surface area (Å²) in [6, 6.07) is 9.02. The van der Waals surface area contributed by atoms with Crippen molar-refractivity contribution in [1.29, 1.82) is 0 Å². The van der Waals surface area contributed by atoms with Gasteiger partial charge in [-0.05, 0) is 0 Å². The molecule has 1 aromatic carbocycles. The second-order valence-corrected chi connectivity index (χ2v) is 3.63. The smallest absolute Gasteiger partial charge is 0.175 e. The van der Waals surface area contributed by atoms with Crippen LogP contribution in [0.4, 0.5) is 0 Å². The quantitative estimate of drug-likeness (QED) is 0.723. The first kappa shape index (κ1) is 9.37. The van der Waals surface area contributed by atoms with Crippen LogP contribution in [0.2, 0.25) is 0 Å². The van der Waals surface area contributed by atoms with E-state index in [-0.39, 0.29) is 12.4 Å². The lowest BCUT2D eigenvalue weighted by atomic mass is 9.79. The molecule has 1 heterocycles. The lowest BCUT2D eigenvalue weighted by Gasteiger charge is -2.38. The van der Waals surface area contributed by atoms with Crippen LogP contribution in [-0.2, 0) is 4.74 Å². The Labute approximate surface area is 82.3 Å². The maximum atomic E-state index is 11.9. The van der Waals surface area contributed by atoms with Crippen molar-refractivity contribution in [3.63, 3.8) is 0 Å². The van der Waals surface area contributed by atoms with E-state index >= 15 is 0 Å². The average Bonchev–Trinajstić information content (AvgIpc) is 2.18. The SMILES string of the molecule is O=C(c1ccccc1)C1(CO)COC1. The minimum absolute atomic E-state index is 0.0214. The van der Waals surface area contributed by atoms with Gasteiger partial charge in [-0.1, -0.05) is 30.3 Å². The van der Waals surface area contributed by atoms with Crippen LogP contribution in [0.5, 0.6) is 0 Å². The summed E-state index contributed by atoms with van der Waals surface area (Å²) < 4.78 is 4.99. The topological polar surface area (TPSA) is 46.5 Å². The number of ketones is 1. The fraction of sp³-hybridized carbons (Fsp3) is 0.364. The van der Waals surface area contributed by atoms with Crippen molar-refractivity contribution < 1.29 is 14.6 Å². The maximum absolute atomic E-state index is 11.9. The molecule has 0 saturated carbocycles. The van der Waals surface area contributed by atoms with Crippen molar-refractivity contribution in [1.82, 2.24) is 0 Å². The Kier molecular flexibility index (Phi) is 2.35. The Hall–Kier alpha value is -1.19. The van der Waals surface area contributed by atoms with Gasteiger partial charge in [-0.2, -0.15) is 0 Å². The summed E-state index contributed by atoms with van der Waals surface area (Å²) in [5.74, 6) is -0.0214. The number of aliphatic hydroxyl groups excluding tert-OH is 1. The molecular formula is C11H12O3. The predicted molar refractivity (Wildman–Crippen MR) is 51.1 cm³/mol. The number of rotatable bonds is 3. The Morgan fingerprint density at radius 3 is 2.43 bits per heavy atom. The van der Waals surface area contributed by atoms with Crippen LogP contribution in [0.3, 0.4) is 0 Å². The van der Waals surface area contributed by atoms with Crippen LogP contribution < -0.4 is 0 Å². The normalized spacial score (nSPS) is 18.6. The molecule has 2 rings (SSSR count). The Morgan fingerprint density at radius 1 is 1.36 bits per heavy atom. The molecule has 1 fully saturated rings. The van der Waals surface area contributed by atoms with Gasteiger partial charge in [0.2, 0.25) is 0 Å². The summed E-state index contributed by atoms with van der Waals surface area (Å²) in [5, 5.41) is 9.17. The van der Waals surface area contributed by atoms with E-state index in [1.165, 1.54) is 0 Å². The molecule has 0 aliphatic carbocycles. The van der Waals surface area contributed by atoms with Crippen LogP contribution in [0.1, 0.15) is 10.4 Å². The van der Waals surface area contributed by atoms with E-state index in [2.05, 4.69) is 0 Å². The van der Waals surface area contributed by atoms with Crippen LogP contribution in [-0.4, -0.2) is 30.7 Å². The van der Waals surface area contributed by atoms with Gasteiger partial charge in [-0.3, -0.25) is 4.79 Å². The summed E-state index contributed by atoms with van der Waals surface area (Å²) in [7, 11) is 0. The number of hydrogen-bond acceptors (Lipinski definition) is 3. The van der Waals surface area contributed by atoms with Crippen molar-refractivity contribution in [2.75, 3.05) is 19.8 Å². The van der Waals surface area contributed by atoms with Crippen LogP contribution >= 0.6 is 0 Å². The fourth-order valence-electron chi connectivity index (χ4n) is 1.54. The molecule has 1 N–H and O–H groups in total. The first-order valence-corrected chi connectivity index (χ1v) is 4.57. The molecule has 1 aliphatic rings. The van der Waals surface area contributed by atoms with Crippen LogP contribution in [0.15, 0.2) is 30.3 Å². The highest BCUT2D eigenvalue weighted by Gasteiger charge is 2.45. The molecule has 1 saturated heterocycles. The number of carbonyl (C=O) groups is 1. The third-order valence-electron chi connectivity index (χ3n) is 2.58. The van der Waals surface area contributed by atoms with Crippen LogP contribution in [0, 0.1) is 5.41 Å². The van der Waals surface area contributed by atoms with E-state index in [0.717, 1.165) is 0 Å². The van der Waals surface area contributed by atoms with Gasteiger partial charge in [0.05, 0.1) is 19.8 Å². The average molecular weight is 192 g/mol. The minimum atomic E-state index is -0.679. The Bertz CT molecular complexity index is 322. The van der Waals surface area contributed by atoms with Gasteiger partial charge < -0.3 is 9.84 Å². The number of aliphatic hydroxyl groups is 1. The van der Waals surface area contributed by atoms with E-state index in [4.69, 9.17) is 9.84 Å².